The second kappa shape index (κ2) is 7.23. The topological polar surface area (TPSA) is 75.0 Å². The molecule has 5 nitrogen and oxygen atoms in total. The lowest BCUT2D eigenvalue weighted by atomic mass is 9.89. The molecule has 1 saturated heterocycles. The van der Waals surface area contributed by atoms with Crippen LogP contribution < -0.4 is 11.3 Å². The predicted octanol–water partition coefficient (Wildman–Crippen LogP) is 3.26. The van der Waals surface area contributed by atoms with E-state index in [1.165, 1.54) is 16.9 Å². The number of rotatable bonds is 3. The molecule has 1 aliphatic carbocycles. The Morgan fingerprint density at radius 2 is 2.27 bits per heavy atom. The van der Waals surface area contributed by atoms with Gasteiger partial charge in [-0.3, -0.25) is 9.69 Å². The zero-order chi connectivity index (χ0) is 17.8. The number of aromatic nitrogens is 2. The molecule has 0 aromatic carbocycles. The summed E-state index contributed by atoms with van der Waals surface area (Å²) >= 11 is 1.73. The molecule has 0 radical (unpaired) electrons. The molecule has 3 unspecified atom stereocenters. The van der Waals surface area contributed by atoms with E-state index in [2.05, 4.69) is 30.7 Å². The third-order valence-corrected chi connectivity index (χ3v) is 7.36. The predicted molar refractivity (Wildman–Crippen MR) is 110 cm³/mol. The van der Waals surface area contributed by atoms with Gasteiger partial charge in [0.05, 0.1) is 11.4 Å². The zero-order valence-electron chi connectivity index (χ0n) is 15.8. The van der Waals surface area contributed by atoms with E-state index in [9.17, 15) is 4.79 Å². The van der Waals surface area contributed by atoms with Crippen LogP contribution in [-0.2, 0) is 12.8 Å². The molecule has 1 aliphatic heterocycles. The summed E-state index contributed by atoms with van der Waals surface area (Å²) in [6.07, 6.45) is 4.37. The van der Waals surface area contributed by atoms with Gasteiger partial charge in [0.2, 0.25) is 0 Å². The molecule has 0 spiro atoms. The molecule has 1 fully saturated rings. The molecule has 26 heavy (non-hydrogen) atoms. The van der Waals surface area contributed by atoms with Gasteiger partial charge in [-0.05, 0) is 62.6 Å². The maximum absolute atomic E-state index is 12.8. The monoisotopic (exact) mass is 396 g/mol. The first-order valence-electron chi connectivity index (χ1n) is 9.39. The molecular weight excluding hydrogens is 368 g/mol. The van der Waals surface area contributed by atoms with Crippen molar-refractivity contribution >= 4 is 34.0 Å². The van der Waals surface area contributed by atoms with E-state index in [0.29, 0.717) is 12.5 Å². The molecule has 3 heterocycles. The highest BCUT2D eigenvalue weighted by atomic mass is 35.5. The van der Waals surface area contributed by atoms with Crippen LogP contribution in [0.4, 0.5) is 0 Å². The van der Waals surface area contributed by atoms with E-state index in [0.717, 1.165) is 48.4 Å². The van der Waals surface area contributed by atoms with Crippen LogP contribution in [0.5, 0.6) is 0 Å². The smallest absolute Gasteiger partial charge is 0.259 e. The van der Waals surface area contributed by atoms with Gasteiger partial charge in [0, 0.05) is 11.4 Å². The number of aromatic amines is 1. The Labute approximate surface area is 164 Å². The summed E-state index contributed by atoms with van der Waals surface area (Å²) in [6.45, 7) is 9.35. The summed E-state index contributed by atoms with van der Waals surface area (Å²) in [7, 11) is 0. The Bertz CT molecular complexity index is 863. The third kappa shape index (κ3) is 3.33. The van der Waals surface area contributed by atoms with Crippen molar-refractivity contribution in [2.75, 3.05) is 19.6 Å². The third-order valence-electron chi connectivity index (χ3n) is 6.21. The highest BCUT2D eigenvalue weighted by Crippen LogP contribution is 2.37. The molecule has 144 valence electrons. The second-order valence-corrected chi connectivity index (χ2v) is 9.48. The lowest BCUT2D eigenvalue weighted by Crippen LogP contribution is -2.33. The Morgan fingerprint density at radius 3 is 2.96 bits per heavy atom. The van der Waals surface area contributed by atoms with Crippen molar-refractivity contribution < 1.29 is 0 Å². The van der Waals surface area contributed by atoms with Gasteiger partial charge in [-0.2, -0.15) is 0 Å². The standard InChI is InChI=1S/C19H28N4OS.ClH/c1-11-4-5-13-14(8-11)25-18-15(13)17(24)21-16(22-18)12(2)23-7-6-19(3,9-20)10-23;/h11-12H,4-10,20H2,1-3H3,(H,21,22,24);1H. The number of H-pyrrole nitrogens is 1. The summed E-state index contributed by atoms with van der Waals surface area (Å²) in [6, 6.07) is 0.114. The first-order valence-corrected chi connectivity index (χ1v) is 10.2. The number of nitrogens with two attached hydrogens (primary N) is 1. The average Bonchev–Trinajstić information content (AvgIpc) is 3.15. The summed E-state index contributed by atoms with van der Waals surface area (Å²) in [5.74, 6) is 1.50. The number of likely N-dealkylation sites (tertiary alicyclic amines) is 1. The quantitative estimate of drug-likeness (QED) is 0.834. The van der Waals surface area contributed by atoms with Gasteiger partial charge in [-0.15, -0.1) is 23.7 Å². The van der Waals surface area contributed by atoms with Gasteiger partial charge in [0.1, 0.15) is 10.7 Å². The summed E-state index contributed by atoms with van der Waals surface area (Å²) in [4.78, 5) is 25.4. The van der Waals surface area contributed by atoms with Crippen molar-refractivity contribution in [3.05, 3.63) is 26.6 Å². The van der Waals surface area contributed by atoms with Crippen molar-refractivity contribution in [2.45, 2.75) is 52.5 Å². The summed E-state index contributed by atoms with van der Waals surface area (Å²) < 4.78 is 0. The minimum Gasteiger partial charge on any atom is -0.330 e. The van der Waals surface area contributed by atoms with E-state index in [1.807, 2.05) is 0 Å². The molecule has 7 heteroatoms. The molecule has 4 rings (SSSR count). The maximum atomic E-state index is 12.8. The Kier molecular flexibility index (Phi) is 5.50. The number of aryl methyl sites for hydroxylation is 1. The number of halogens is 1. The number of hydrogen-bond acceptors (Lipinski definition) is 5. The van der Waals surface area contributed by atoms with E-state index in [4.69, 9.17) is 10.7 Å². The van der Waals surface area contributed by atoms with Crippen LogP contribution in [0.25, 0.3) is 10.2 Å². The van der Waals surface area contributed by atoms with Gasteiger partial charge in [0.15, 0.2) is 0 Å². The van der Waals surface area contributed by atoms with Crippen LogP contribution in [0, 0.1) is 11.3 Å². The zero-order valence-corrected chi connectivity index (χ0v) is 17.4. The van der Waals surface area contributed by atoms with Crippen LogP contribution in [0.1, 0.15) is 55.9 Å². The van der Waals surface area contributed by atoms with Crippen LogP contribution >= 0.6 is 23.7 Å². The van der Waals surface area contributed by atoms with E-state index < -0.39 is 0 Å². The molecule has 0 amide bonds. The van der Waals surface area contributed by atoms with Gasteiger partial charge in [-0.1, -0.05) is 13.8 Å². The van der Waals surface area contributed by atoms with Crippen LogP contribution in [-0.4, -0.2) is 34.5 Å². The van der Waals surface area contributed by atoms with Crippen LogP contribution in [0.2, 0.25) is 0 Å². The Balaban J connectivity index is 0.00000196. The molecule has 0 saturated carbocycles. The van der Waals surface area contributed by atoms with Crippen LogP contribution in [0.3, 0.4) is 0 Å². The van der Waals surface area contributed by atoms with Crippen molar-refractivity contribution in [3.8, 4) is 0 Å². The number of nitrogens with one attached hydrogen (secondary N) is 1. The average molecular weight is 397 g/mol. The fourth-order valence-corrected chi connectivity index (χ4v) is 5.69. The minimum atomic E-state index is 0. The van der Waals surface area contributed by atoms with Gasteiger partial charge in [-0.25, -0.2) is 4.98 Å². The summed E-state index contributed by atoms with van der Waals surface area (Å²) in [5.41, 5.74) is 7.41. The number of thiophene rings is 1. The molecule has 3 atom stereocenters. The SMILES string of the molecule is CC1CCc2c(sc3nc(C(C)N4CCC(C)(CN)C4)[nH]c(=O)c23)C1.Cl. The van der Waals surface area contributed by atoms with E-state index in [1.54, 1.807) is 11.3 Å². The van der Waals surface area contributed by atoms with Crippen molar-refractivity contribution in [1.29, 1.82) is 0 Å². The Hall–Kier alpha value is -0.950. The molecular formula is C19H29ClN4OS. The number of nitrogens with zero attached hydrogens (tertiary/aromatic N) is 2. The first-order chi connectivity index (χ1) is 11.9. The molecule has 2 aromatic rings. The Morgan fingerprint density at radius 1 is 1.50 bits per heavy atom. The second-order valence-electron chi connectivity index (χ2n) is 8.39. The summed E-state index contributed by atoms with van der Waals surface area (Å²) in [5, 5.41) is 0.844. The normalized spacial score (nSPS) is 27.3. The number of hydrogen-bond donors (Lipinski definition) is 2. The molecule has 3 N–H and O–H groups in total. The maximum Gasteiger partial charge on any atom is 0.259 e. The van der Waals surface area contributed by atoms with Crippen molar-refractivity contribution in [2.24, 2.45) is 17.1 Å². The van der Waals surface area contributed by atoms with Gasteiger partial charge >= 0.3 is 0 Å². The highest BCUT2D eigenvalue weighted by molar-refractivity contribution is 7.18. The van der Waals surface area contributed by atoms with Gasteiger partial charge in [0.25, 0.3) is 5.56 Å². The molecule has 2 aromatic heterocycles. The highest BCUT2D eigenvalue weighted by Gasteiger charge is 2.35. The number of fused-ring (bicyclic) bond motifs is 3. The van der Waals surface area contributed by atoms with E-state index >= 15 is 0 Å². The largest absolute Gasteiger partial charge is 0.330 e. The fraction of sp³-hybridized carbons (Fsp3) is 0.684. The first kappa shape index (κ1) is 19.8. The van der Waals surface area contributed by atoms with Gasteiger partial charge < -0.3 is 10.7 Å². The van der Waals surface area contributed by atoms with Crippen molar-refractivity contribution in [1.82, 2.24) is 14.9 Å². The lowest BCUT2D eigenvalue weighted by Gasteiger charge is -2.26. The van der Waals surface area contributed by atoms with E-state index in [-0.39, 0.29) is 29.4 Å². The fourth-order valence-electron chi connectivity index (χ4n) is 4.30. The molecule has 2 aliphatic rings. The van der Waals surface area contributed by atoms with Crippen molar-refractivity contribution in [3.63, 3.8) is 0 Å². The van der Waals surface area contributed by atoms with Crippen LogP contribution in [0.15, 0.2) is 4.79 Å². The molecule has 0 bridgehead atoms. The lowest BCUT2D eigenvalue weighted by molar-refractivity contribution is 0.220. The minimum absolute atomic E-state index is 0.